The molecule has 1 aromatic carbocycles. The number of Topliss-reactive ketones (excluding diaryl/α,β-unsaturated/α-hetero) is 2. The number of hydrogen-bond acceptors (Lipinski definition) is 5. The molecule has 0 atom stereocenters. The molecule has 1 aromatic rings. The van der Waals surface area contributed by atoms with Crippen molar-refractivity contribution < 1.29 is 19.1 Å². The smallest absolute Gasteiger partial charge is 0.179 e. The molecule has 0 aromatic heterocycles. The molecule has 2 aliphatic carbocycles. The van der Waals surface area contributed by atoms with E-state index in [1.54, 1.807) is 14.2 Å². The molecular formula is C28H36ClNO4. The highest BCUT2D eigenvalue weighted by atomic mass is 35.5. The summed E-state index contributed by atoms with van der Waals surface area (Å²) >= 11 is 6.61. The lowest BCUT2D eigenvalue weighted by Crippen LogP contribution is -2.44. The van der Waals surface area contributed by atoms with E-state index < -0.39 is 5.92 Å². The zero-order valence-corrected chi connectivity index (χ0v) is 22.2. The van der Waals surface area contributed by atoms with E-state index in [0.29, 0.717) is 29.4 Å². The standard InChI is InChI=1S/C28H36ClNO4/c1-8-9-30-18-12-27(2,3)14-20(31)24(18)23(25-19(30)13-28(4,5)15-21(25)32)16-10-17(29)26(34-7)22(11-16)33-6/h10-11,23H,8-9,12-15H2,1-7H3. The summed E-state index contributed by atoms with van der Waals surface area (Å²) in [6.07, 6.45) is 3.47. The molecule has 184 valence electrons. The second kappa shape index (κ2) is 8.75. The number of hydrogen-bond donors (Lipinski definition) is 0. The lowest BCUT2D eigenvalue weighted by atomic mass is 9.63. The molecule has 0 saturated heterocycles. The molecule has 0 fully saturated rings. The number of halogens is 1. The topological polar surface area (TPSA) is 55.8 Å². The summed E-state index contributed by atoms with van der Waals surface area (Å²) in [5.74, 6) is 0.743. The van der Waals surface area contributed by atoms with Crippen LogP contribution in [0.25, 0.3) is 0 Å². The Hall–Kier alpha value is -2.27. The molecule has 0 radical (unpaired) electrons. The highest BCUT2D eigenvalue weighted by Gasteiger charge is 2.49. The maximum atomic E-state index is 13.7. The van der Waals surface area contributed by atoms with Gasteiger partial charge in [-0.1, -0.05) is 46.2 Å². The minimum absolute atomic E-state index is 0.118. The maximum absolute atomic E-state index is 13.7. The van der Waals surface area contributed by atoms with E-state index in [4.69, 9.17) is 21.1 Å². The first kappa shape index (κ1) is 24.8. The van der Waals surface area contributed by atoms with Crippen molar-refractivity contribution in [1.29, 1.82) is 0 Å². The summed E-state index contributed by atoms with van der Waals surface area (Å²) in [5, 5.41) is 0.407. The van der Waals surface area contributed by atoms with Crippen molar-refractivity contribution in [3.63, 3.8) is 0 Å². The molecule has 0 saturated carbocycles. The van der Waals surface area contributed by atoms with Gasteiger partial charge in [-0.2, -0.15) is 0 Å². The van der Waals surface area contributed by atoms with Gasteiger partial charge in [-0.3, -0.25) is 9.59 Å². The van der Waals surface area contributed by atoms with Gasteiger partial charge in [-0.15, -0.1) is 0 Å². The maximum Gasteiger partial charge on any atom is 0.179 e. The third-order valence-corrected chi connectivity index (χ3v) is 7.54. The van der Waals surface area contributed by atoms with Crippen LogP contribution in [-0.2, 0) is 9.59 Å². The minimum atomic E-state index is -0.442. The molecule has 6 heteroatoms. The molecule has 1 aliphatic heterocycles. The fourth-order valence-electron chi connectivity index (χ4n) is 5.98. The number of benzene rings is 1. The number of carbonyl (C=O) groups is 2. The Morgan fingerprint density at radius 1 is 0.912 bits per heavy atom. The van der Waals surface area contributed by atoms with Crippen molar-refractivity contribution in [3.8, 4) is 11.5 Å². The Labute approximate surface area is 208 Å². The first-order chi connectivity index (χ1) is 15.9. The van der Waals surface area contributed by atoms with Crippen molar-refractivity contribution in [2.75, 3.05) is 20.8 Å². The Bertz CT molecular complexity index is 1060. The zero-order chi connectivity index (χ0) is 25.0. The predicted molar refractivity (Wildman–Crippen MR) is 134 cm³/mol. The van der Waals surface area contributed by atoms with Crippen LogP contribution in [-0.4, -0.2) is 37.2 Å². The van der Waals surface area contributed by atoms with Crippen LogP contribution in [0.2, 0.25) is 5.02 Å². The molecule has 5 nitrogen and oxygen atoms in total. The number of carbonyl (C=O) groups excluding carboxylic acids is 2. The Morgan fingerprint density at radius 2 is 1.44 bits per heavy atom. The third-order valence-electron chi connectivity index (χ3n) is 7.26. The molecular weight excluding hydrogens is 450 g/mol. The first-order valence-corrected chi connectivity index (χ1v) is 12.5. The summed E-state index contributed by atoms with van der Waals surface area (Å²) < 4.78 is 11.0. The van der Waals surface area contributed by atoms with E-state index in [2.05, 4.69) is 39.5 Å². The van der Waals surface area contributed by atoms with Crippen molar-refractivity contribution in [2.45, 2.75) is 72.6 Å². The Balaban J connectivity index is 2.03. The van der Waals surface area contributed by atoms with Crippen LogP contribution in [0.1, 0.15) is 78.2 Å². The van der Waals surface area contributed by atoms with Gasteiger partial charge in [0.05, 0.1) is 19.2 Å². The number of ketones is 2. The van der Waals surface area contributed by atoms with Gasteiger partial charge in [0.2, 0.25) is 0 Å². The number of methoxy groups -OCH3 is 2. The average molecular weight is 486 g/mol. The van der Waals surface area contributed by atoms with E-state index in [1.165, 1.54) is 0 Å². The van der Waals surface area contributed by atoms with Crippen LogP contribution in [0.15, 0.2) is 34.7 Å². The molecule has 1 heterocycles. The van der Waals surface area contributed by atoms with Crippen LogP contribution in [0, 0.1) is 10.8 Å². The van der Waals surface area contributed by atoms with Gasteiger partial charge in [-0.25, -0.2) is 0 Å². The summed E-state index contributed by atoms with van der Waals surface area (Å²) in [6.45, 7) is 11.6. The van der Waals surface area contributed by atoms with Crippen molar-refractivity contribution in [1.82, 2.24) is 4.90 Å². The number of nitrogens with zero attached hydrogens (tertiary/aromatic N) is 1. The first-order valence-electron chi connectivity index (χ1n) is 12.1. The highest BCUT2D eigenvalue weighted by Crippen LogP contribution is 2.55. The molecule has 4 rings (SSSR count). The molecule has 34 heavy (non-hydrogen) atoms. The SMILES string of the molecule is CCCN1C2=C(C(=O)CC(C)(C)C2)C(c2cc(Cl)c(OC)c(OC)c2)C2=C1CC(C)(C)CC2=O. The second-order valence-electron chi connectivity index (χ2n) is 11.4. The zero-order valence-electron chi connectivity index (χ0n) is 21.4. The molecule has 0 unspecified atom stereocenters. The fraction of sp³-hybridized carbons (Fsp3) is 0.571. The summed E-state index contributed by atoms with van der Waals surface area (Å²) in [4.78, 5) is 29.8. The third kappa shape index (κ3) is 4.17. The summed E-state index contributed by atoms with van der Waals surface area (Å²) in [5.41, 5.74) is 4.19. The second-order valence-corrected chi connectivity index (χ2v) is 11.8. The number of allylic oxidation sites excluding steroid dienone is 4. The van der Waals surface area contributed by atoms with Gasteiger partial charge in [0.1, 0.15) is 0 Å². The monoisotopic (exact) mass is 485 g/mol. The lowest BCUT2D eigenvalue weighted by Gasteiger charge is -2.49. The van der Waals surface area contributed by atoms with E-state index >= 15 is 0 Å². The number of rotatable bonds is 5. The predicted octanol–water partition coefficient (Wildman–Crippen LogP) is 6.45. The summed E-state index contributed by atoms with van der Waals surface area (Å²) in [7, 11) is 3.12. The van der Waals surface area contributed by atoms with E-state index in [-0.39, 0.29) is 22.4 Å². The largest absolute Gasteiger partial charge is 0.493 e. The van der Waals surface area contributed by atoms with Gasteiger partial charge in [-0.05, 0) is 47.8 Å². The molecule has 3 aliphatic rings. The van der Waals surface area contributed by atoms with Crippen LogP contribution in [0.4, 0.5) is 0 Å². The Morgan fingerprint density at radius 3 is 1.88 bits per heavy atom. The average Bonchev–Trinajstić information content (AvgIpc) is 2.72. The normalized spacial score (nSPS) is 22.1. The lowest BCUT2D eigenvalue weighted by molar-refractivity contribution is -0.119. The van der Waals surface area contributed by atoms with Crippen molar-refractivity contribution in [3.05, 3.63) is 45.3 Å². The molecule has 0 bridgehead atoms. The quantitative estimate of drug-likeness (QED) is 0.479. The van der Waals surface area contributed by atoms with Crippen molar-refractivity contribution in [2.24, 2.45) is 10.8 Å². The van der Waals surface area contributed by atoms with Gasteiger partial charge in [0.15, 0.2) is 23.1 Å². The van der Waals surface area contributed by atoms with E-state index in [9.17, 15) is 9.59 Å². The van der Waals surface area contributed by atoms with Gasteiger partial charge in [0.25, 0.3) is 0 Å². The van der Waals surface area contributed by atoms with Gasteiger partial charge in [0, 0.05) is 47.8 Å². The highest BCUT2D eigenvalue weighted by molar-refractivity contribution is 6.32. The fourth-order valence-corrected chi connectivity index (χ4v) is 6.28. The van der Waals surface area contributed by atoms with Crippen LogP contribution >= 0.6 is 11.6 Å². The number of ether oxygens (including phenoxy) is 2. The molecule has 0 spiro atoms. The van der Waals surface area contributed by atoms with Crippen LogP contribution in [0.3, 0.4) is 0 Å². The van der Waals surface area contributed by atoms with E-state index in [0.717, 1.165) is 53.9 Å². The van der Waals surface area contributed by atoms with Crippen molar-refractivity contribution >= 4 is 23.2 Å². The van der Waals surface area contributed by atoms with Gasteiger partial charge >= 0.3 is 0 Å². The van der Waals surface area contributed by atoms with E-state index in [1.807, 2.05) is 12.1 Å². The summed E-state index contributed by atoms with van der Waals surface area (Å²) in [6, 6.07) is 3.71. The molecule has 0 amide bonds. The minimum Gasteiger partial charge on any atom is -0.493 e. The van der Waals surface area contributed by atoms with Gasteiger partial charge < -0.3 is 14.4 Å². The Kier molecular flexibility index (Phi) is 6.39. The van der Waals surface area contributed by atoms with Crippen LogP contribution < -0.4 is 9.47 Å². The van der Waals surface area contributed by atoms with Crippen LogP contribution in [0.5, 0.6) is 11.5 Å². The molecule has 0 N–H and O–H groups in total.